The van der Waals surface area contributed by atoms with E-state index in [0.29, 0.717) is 0 Å². The van der Waals surface area contributed by atoms with E-state index in [1.807, 2.05) is 0 Å². The predicted molar refractivity (Wildman–Crippen MR) is 213 cm³/mol. The highest BCUT2D eigenvalue weighted by Gasteiger charge is 2.32. The maximum Gasteiger partial charge on any atom is 0.0724 e. The molecule has 3 heteroatoms. The molecule has 1 aliphatic rings. The van der Waals surface area contributed by atoms with Crippen molar-refractivity contribution in [1.29, 1.82) is 0 Å². The summed E-state index contributed by atoms with van der Waals surface area (Å²) in [5, 5.41) is 10.5. The zero-order chi connectivity index (χ0) is 33.2. The van der Waals surface area contributed by atoms with Crippen molar-refractivity contribution in [2.24, 2.45) is 0 Å². The van der Waals surface area contributed by atoms with E-state index >= 15 is 0 Å². The number of pyridine rings is 1. The average Bonchev–Trinajstić information content (AvgIpc) is 3.79. The summed E-state index contributed by atoms with van der Waals surface area (Å²) < 4.78 is 4.88. The van der Waals surface area contributed by atoms with Gasteiger partial charge in [-0.05, 0) is 88.3 Å². The van der Waals surface area contributed by atoms with Gasteiger partial charge in [-0.3, -0.25) is 4.98 Å². The van der Waals surface area contributed by atoms with Gasteiger partial charge in [0.15, 0.2) is 0 Å². The van der Waals surface area contributed by atoms with E-state index in [-0.39, 0.29) is 5.92 Å². The molecule has 238 valence electrons. The minimum Gasteiger partial charge on any atom is -0.308 e. The van der Waals surface area contributed by atoms with Crippen LogP contribution in [-0.2, 0) is 6.42 Å². The maximum absolute atomic E-state index is 5.42. The van der Waals surface area contributed by atoms with Crippen LogP contribution in [0.1, 0.15) is 29.2 Å². The third-order valence-electron chi connectivity index (χ3n) is 11.7. The monoisotopic (exact) mass is 649 g/mol. The first-order valence-corrected chi connectivity index (χ1v) is 18.0. The average molecular weight is 650 g/mol. The largest absolute Gasteiger partial charge is 0.308 e. The van der Waals surface area contributed by atoms with Crippen LogP contribution in [0.25, 0.3) is 87.5 Å². The number of hydrogen-bond donors (Lipinski definition) is 0. The predicted octanol–water partition coefficient (Wildman–Crippen LogP) is 12.2. The first-order valence-electron chi connectivity index (χ1n) is 18.0. The van der Waals surface area contributed by atoms with E-state index in [2.05, 4.69) is 167 Å². The number of aryl methyl sites for hydroxylation is 1. The molecule has 0 saturated heterocycles. The van der Waals surface area contributed by atoms with Crippen molar-refractivity contribution in [3.8, 4) is 16.8 Å². The minimum atomic E-state index is 0.103. The van der Waals surface area contributed by atoms with Crippen molar-refractivity contribution in [3.63, 3.8) is 0 Å². The lowest BCUT2D eigenvalue weighted by Crippen LogP contribution is -2.06. The van der Waals surface area contributed by atoms with Gasteiger partial charge in [0.25, 0.3) is 0 Å². The first kappa shape index (κ1) is 27.4. The SMILES string of the molecule is c1ccc(-n2c3ccccc3c3cc(C4CCc5c(ccc6ccccc56)-c5cc6c7ccccc7n7c8ccccc8c(c54)c67)ncc32)cc1. The molecule has 3 nitrogen and oxygen atoms in total. The summed E-state index contributed by atoms with van der Waals surface area (Å²) in [5.74, 6) is 0.103. The van der Waals surface area contributed by atoms with Gasteiger partial charge in [-0.25, -0.2) is 0 Å². The number of aromatic nitrogens is 3. The molecule has 0 saturated carbocycles. The molecule has 0 aliphatic heterocycles. The molecule has 11 aromatic rings. The maximum atomic E-state index is 5.42. The lowest BCUT2D eigenvalue weighted by molar-refractivity contribution is 0.713. The van der Waals surface area contributed by atoms with E-state index in [0.717, 1.165) is 29.7 Å². The lowest BCUT2D eigenvalue weighted by Gasteiger charge is -2.20. The Morgan fingerprint density at radius 3 is 2.00 bits per heavy atom. The fraction of sp³-hybridized carbons (Fsp3) is 0.0625. The van der Waals surface area contributed by atoms with E-state index < -0.39 is 0 Å². The second-order valence-electron chi connectivity index (χ2n) is 14.2. The third kappa shape index (κ3) is 3.60. The molecular formula is C48H31N3. The summed E-state index contributed by atoms with van der Waals surface area (Å²) in [5.41, 5.74) is 14.0. The highest BCUT2D eigenvalue weighted by molar-refractivity contribution is 6.26. The molecule has 4 heterocycles. The van der Waals surface area contributed by atoms with Crippen molar-refractivity contribution < 1.29 is 0 Å². The quantitative estimate of drug-likeness (QED) is 0.183. The second-order valence-corrected chi connectivity index (χ2v) is 14.2. The Balaban J connectivity index is 1.22. The van der Waals surface area contributed by atoms with Crippen LogP contribution in [-0.4, -0.2) is 14.0 Å². The highest BCUT2D eigenvalue weighted by atomic mass is 15.0. The van der Waals surface area contributed by atoms with Gasteiger partial charge >= 0.3 is 0 Å². The molecule has 12 rings (SSSR count). The van der Waals surface area contributed by atoms with E-state index in [1.165, 1.54) is 87.4 Å². The Morgan fingerprint density at radius 2 is 1.18 bits per heavy atom. The summed E-state index contributed by atoms with van der Waals surface area (Å²) in [6.07, 6.45) is 4.09. The molecule has 0 spiro atoms. The van der Waals surface area contributed by atoms with Crippen molar-refractivity contribution in [2.75, 3.05) is 0 Å². The molecule has 1 aliphatic carbocycles. The fourth-order valence-corrected chi connectivity index (χ4v) is 9.65. The van der Waals surface area contributed by atoms with Crippen molar-refractivity contribution >= 4 is 70.7 Å². The summed E-state index contributed by atoms with van der Waals surface area (Å²) in [6.45, 7) is 0. The van der Waals surface area contributed by atoms with Crippen LogP contribution in [0, 0.1) is 0 Å². The Bertz CT molecular complexity index is 3200. The molecule has 1 unspecified atom stereocenters. The minimum absolute atomic E-state index is 0.103. The summed E-state index contributed by atoms with van der Waals surface area (Å²) >= 11 is 0. The molecule has 0 amide bonds. The molecule has 0 bridgehead atoms. The van der Waals surface area contributed by atoms with Crippen molar-refractivity contribution in [2.45, 2.75) is 18.8 Å². The standard InChI is InChI=1S/C48H31N3/c1-2-13-30(14-3-1)50-42-19-9-6-16-34(42)38-27-41(49-28-45(38)50)36-25-24-32-31-15-5-4-12-29(31)22-23-33(32)39-26-40-35-17-7-10-20-43(35)51-44-21-11-8-18-37(44)47(46(36)39)48(40)51/h1-23,26-28,36H,24-25H2. The smallest absolute Gasteiger partial charge is 0.0724 e. The Labute approximate surface area is 294 Å². The fourth-order valence-electron chi connectivity index (χ4n) is 9.65. The van der Waals surface area contributed by atoms with E-state index in [4.69, 9.17) is 4.98 Å². The van der Waals surface area contributed by atoms with Gasteiger partial charge in [-0.15, -0.1) is 0 Å². The van der Waals surface area contributed by atoms with E-state index in [1.54, 1.807) is 0 Å². The van der Waals surface area contributed by atoms with Gasteiger partial charge in [0.2, 0.25) is 0 Å². The highest BCUT2D eigenvalue weighted by Crippen LogP contribution is 2.51. The molecule has 4 aromatic heterocycles. The summed E-state index contributed by atoms with van der Waals surface area (Å²) in [6, 6.07) is 56.0. The number of para-hydroxylation sites is 4. The third-order valence-corrected chi connectivity index (χ3v) is 11.7. The molecular weight excluding hydrogens is 619 g/mol. The molecule has 0 fully saturated rings. The lowest BCUT2D eigenvalue weighted by atomic mass is 9.84. The zero-order valence-corrected chi connectivity index (χ0v) is 27.8. The van der Waals surface area contributed by atoms with Gasteiger partial charge in [0, 0.05) is 49.6 Å². The topological polar surface area (TPSA) is 22.2 Å². The molecule has 0 N–H and O–H groups in total. The van der Waals surface area contributed by atoms with Crippen LogP contribution in [0.4, 0.5) is 0 Å². The van der Waals surface area contributed by atoms with Crippen molar-refractivity contribution in [3.05, 3.63) is 175 Å². The normalized spacial score (nSPS) is 14.7. The van der Waals surface area contributed by atoms with Crippen LogP contribution < -0.4 is 0 Å². The molecule has 51 heavy (non-hydrogen) atoms. The number of fused-ring (bicyclic) bond motifs is 15. The van der Waals surface area contributed by atoms with Crippen LogP contribution >= 0.6 is 0 Å². The second kappa shape index (κ2) is 10.1. The van der Waals surface area contributed by atoms with Crippen molar-refractivity contribution in [1.82, 2.24) is 14.0 Å². The Kier molecular flexibility index (Phi) is 5.40. The molecule has 0 radical (unpaired) electrons. The molecule has 7 aromatic carbocycles. The zero-order valence-electron chi connectivity index (χ0n) is 27.8. The van der Waals surface area contributed by atoms with Gasteiger partial charge in [0.05, 0.1) is 33.8 Å². The summed E-state index contributed by atoms with van der Waals surface area (Å²) in [7, 11) is 0. The number of benzene rings is 7. The van der Waals surface area contributed by atoms with Crippen LogP contribution in [0.3, 0.4) is 0 Å². The van der Waals surface area contributed by atoms with Gasteiger partial charge in [-0.2, -0.15) is 0 Å². The summed E-state index contributed by atoms with van der Waals surface area (Å²) in [4.78, 5) is 5.42. The number of rotatable bonds is 2. The van der Waals surface area contributed by atoms with Gasteiger partial charge in [0.1, 0.15) is 0 Å². The first-order chi connectivity index (χ1) is 25.3. The Hall–Kier alpha value is -6.45. The number of hydrogen-bond acceptors (Lipinski definition) is 1. The molecule has 1 atom stereocenters. The number of nitrogens with zero attached hydrogens (tertiary/aromatic N) is 3. The van der Waals surface area contributed by atoms with E-state index in [9.17, 15) is 0 Å². The Morgan fingerprint density at radius 1 is 0.510 bits per heavy atom. The van der Waals surface area contributed by atoms with Gasteiger partial charge in [-0.1, -0.05) is 109 Å². The van der Waals surface area contributed by atoms with Gasteiger partial charge < -0.3 is 8.97 Å². The van der Waals surface area contributed by atoms with Crippen LogP contribution in [0.5, 0.6) is 0 Å². The van der Waals surface area contributed by atoms with Crippen LogP contribution in [0.2, 0.25) is 0 Å². The van der Waals surface area contributed by atoms with Crippen LogP contribution in [0.15, 0.2) is 158 Å².